The van der Waals surface area contributed by atoms with Crippen LogP contribution in [0.15, 0.2) is 36.5 Å². The van der Waals surface area contributed by atoms with Crippen LogP contribution in [-0.2, 0) is 17.3 Å². The largest absolute Gasteiger partial charge is 0.497 e. The van der Waals surface area contributed by atoms with Gasteiger partial charge in [0.2, 0.25) is 0 Å². The molecule has 0 saturated heterocycles. The lowest BCUT2D eigenvalue weighted by Gasteiger charge is -2.30. The van der Waals surface area contributed by atoms with E-state index in [0.29, 0.717) is 11.3 Å². The zero-order valence-corrected chi connectivity index (χ0v) is 17.9. The van der Waals surface area contributed by atoms with E-state index in [9.17, 15) is 35.4 Å². The quantitative estimate of drug-likeness (QED) is 0.312. The minimum Gasteiger partial charge on any atom is -0.497 e. The van der Waals surface area contributed by atoms with Crippen molar-refractivity contribution >= 4 is 11.8 Å². The highest BCUT2D eigenvalue weighted by Gasteiger charge is 2.33. The van der Waals surface area contributed by atoms with Gasteiger partial charge in [-0.3, -0.25) is 4.90 Å². The molecule has 0 bridgehead atoms. The monoisotopic (exact) mass is 454 g/mol. The predicted octanol–water partition coefficient (Wildman–Crippen LogP) is 0.0861. The van der Waals surface area contributed by atoms with Gasteiger partial charge in [-0.15, -0.1) is 0 Å². The summed E-state index contributed by atoms with van der Waals surface area (Å²) in [5, 5.41) is 56.2. The van der Waals surface area contributed by atoms with E-state index in [4.69, 9.17) is 9.47 Å². The average Bonchev–Trinajstić information content (AvgIpc) is 2.63. The zero-order valence-electron chi connectivity index (χ0n) is 17.9. The molecule has 0 aliphatic rings. The standard InChI is InChI=1S/C20H26N2O10/c1-18(2,3)32-17(23)22(11-12-5-7-13(30-4)8-6-12)14-9-16(19(24,25)26)21-10-15(14)31-20(27,28)29/h5-10,24-29H,11H2,1-4H3. The van der Waals surface area contributed by atoms with Crippen LogP contribution in [0.5, 0.6) is 11.5 Å². The van der Waals surface area contributed by atoms with Gasteiger partial charge < -0.3 is 44.8 Å². The number of nitrogens with zero attached hydrogens (tertiary/aromatic N) is 2. The summed E-state index contributed by atoms with van der Waals surface area (Å²) in [6.45, 7) is 4.67. The molecule has 6 N–H and O–H groups in total. The number of ether oxygens (including phenoxy) is 3. The van der Waals surface area contributed by atoms with Crippen LogP contribution >= 0.6 is 0 Å². The molecule has 12 nitrogen and oxygen atoms in total. The number of methoxy groups -OCH3 is 1. The smallest absolute Gasteiger partial charge is 0.453 e. The van der Waals surface area contributed by atoms with E-state index in [1.165, 1.54) is 7.11 Å². The fourth-order valence-corrected chi connectivity index (χ4v) is 2.53. The molecular weight excluding hydrogens is 428 g/mol. The van der Waals surface area contributed by atoms with E-state index >= 15 is 0 Å². The third-order valence-electron chi connectivity index (χ3n) is 3.84. The molecule has 0 atom stereocenters. The van der Waals surface area contributed by atoms with Crippen LogP contribution in [0.4, 0.5) is 10.5 Å². The molecule has 0 saturated carbocycles. The summed E-state index contributed by atoms with van der Waals surface area (Å²) in [7, 11) is 1.49. The van der Waals surface area contributed by atoms with Gasteiger partial charge in [0.15, 0.2) is 5.75 Å². The molecule has 0 aliphatic heterocycles. The van der Waals surface area contributed by atoms with Crippen LogP contribution in [0.1, 0.15) is 32.0 Å². The minimum absolute atomic E-state index is 0.177. The molecule has 0 spiro atoms. The van der Waals surface area contributed by atoms with Crippen LogP contribution < -0.4 is 14.4 Å². The SMILES string of the molecule is COc1ccc(CN(C(=O)OC(C)(C)C)c2cc(C(O)(O)O)ncc2OC(O)(O)O)cc1. The van der Waals surface area contributed by atoms with Crippen molar-refractivity contribution in [2.24, 2.45) is 0 Å². The summed E-state index contributed by atoms with van der Waals surface area (Å²) in [5.41, 5.74) is -1.42. The van der Waals surface area contributed by atoms with Gasteiger partial charge in [0.05, 0.1) is 25.5 Å². The Hall–Kier alpha value is -3.00. The first kappa shape index (κ1) is 25.3. The third kappa shape index (κ3) is 7.30. The molecule has 0 fully saturated rings. The first-order valence-corrected chi connectivity index (χ1v) is 9.26. The number of rotatable bonds is 7. The number of hydrogen-bond acceptors (Lipinski definition) is 11. The van der Waals surface area contributed by atoms with Gasteiger partial charge in [-0.05, 0) is 44.5 Å². The number of anilines is 1. The van der Waals surface area contributed by atoms with Crippen molar-refractivity contribution in [2.75, 3.05) is 12.0 Å². The topological polar surface area (TPSA) is 182 Å². The highest BCUT2D eigenvalue weighted by Crippen LogP contribution is 2.34. The molecule has 0 aliphatic carbocycles. The van der Waals surface area contributed by atoms with E-state index in [2.05, 4.69) is 9.72 Å². The Bertz CT molecular complexity index is 927. The molecule has 1 aromatic carbocycles. The normalized spacial score (nSPS) is 12.3. The molecule has 176 valence electrons. The van der Waals surface area contributed by atoms with Gasteiger partial charge in [-0.25, -0.2) is 9.78 Å². The number of aliphatic hydroxyl groups is 6. The van der Waals surface area contributed by atoms with E-state index in [-0.39, 0.29) is 12.2 Å². The highest BCUT2D eigenvalue weighted by molar-refractivity contribution is 5.90. The lowest BCUT2D eigenvalue weighted by atomic mass is 10.1. The Morgan fingerprint density at radius 3 is 2.09 bits per heavy atom. The summed E-state index contributed by atoms with van der Waals surface area (Å²) in [4.78, 5) is 17.5. The maximum absolute atomic E-state index is 13.0. The first-order chi connectivity index (χ1) is 14.6. The fourth-order valence-electron chi connectivity index (χ4n) is 2.53. The molecule has 1 aromatic heterocycles. The Morgan fingerprint density at radius 2 is 1.62 bits per heavy atom. The average molecular weight is 454 g/mol. The Balaban J connectivity index is 2.61. The number of carbonyl (C=O) groups excluding carboxylic acids is 1. The van der Waals surface area contributed by atoms with Gasteiger partial charge in [-0.1, -0.05) is 12.1 Å². The third-order valence-corrected chi connectivity index (χ3v) is 3.84. The van der Waals surface area contributed by atoms with E-state index in [1.54, 1.807) is 45.0 Å². The van der Waals surface area contributed by atoms with Crippen molar-refractivity contribution in [3.8, 4) is 11.5 Å². The van der Waals surface area contributed by atoms with Crippen LogP contribution in [0.25, 0.3) is 0 Å². The molecule has 0 unspecified atom stereocenters. The number of benzene rings is 1. The second kappa shape index (κ2) is 9.24. The lowest BCUT2D eigenvalue weighted by molar-refractivity contribution is -0.419. The van der Waals surface area contributed by atoms with Crippen molar-refractivity contribution in [2.45, 2.75) is 45.0 Å². The summed E-state index contributed by atoms with van der Waals surface area (Å²) in [6.07, 6.45) is -3.84. The summed E-state index contributed by atoms with van der Waals surface area (Å²) < 4.78 is 15.1. The number of aromatic nitrogens is 1. The Labute approximate surface area is 183 Å². The molecule has 32 heavy (non-hydrogen) atoms. The Morgan fingerprint density at radius 1 is 1.03 bits per heavy atom. The number of amides is 1. The molecular formula is C20H26N2O10. The van der Waals surface area contributed by atoms with Gasteiger partial charge in [0.25, 0.3) is 0 Å². The van der Waals surface area contributed by atoms with Crippen molar-refractivity contribution in [3.05, 3.63) is 47.8 Å². The van der Waals surface area contributed by atoms with Crippen molar-refractivity contribution in [3.63, 3.8) is 0 Å². The fraction of sp³-hybridized carbons (Fsp3) is 0.400. The molecule has 0 radical (unpaired) electrons. The maximum atomic E-state index is 13.0. The van der Waals surface area contributed by atoms with Crippen LogP contribution in [0.2, 0.25) is 0 Å². The second-order valence-electron chi connectivity index (χ2n) is 7.76. The van der Waals surface area contributed by atoms with Crippen molar-refractivity contribution in [1.29, 1.82) is 0 Å². The van der Waals surface area contributed by atoms with Gasteiger partial charge in [0, 0.05) is 0 Å². The first-order valence-electron chi connectivity index (χ1n) is 9.26. The molecule has 2 rings (SSSR count). The number of carbonyl (C=O) groups is 1. The number of pyridine rings is 1. The van der Waals surface area contributed by atoms with Crippen molar-refractivity contribution in [1.82, 2.24) is 4.98 Å². The molecule has 2 aromatic rings. The molecule has 1 amide bonds. The van der Waals surface area contributed by atoms with Gasteiger partial charge in [-0.2, -0.15) is 0 Å². The number of hydrogen-bond donors (Lipinski definition) is 6. The summed E-state index contributed by atoms with van der Waals surface area (Å²) in [6, 6.07) is 7.40. The highest BCUT2D eigenvalue weighted by atomic mass is 16.9. The van der Waals surface area contributed by atoms with Crippen LogP contribution in [0, 0.1) is 0 Å². The minimum atomic E-state index is -3.65. The zero-order chi connectivity index (χ0) is 24.3. The van der Waals surface area contributed by atoms with E-state index in [1.807, 2.05) is 0 Å². The van der Waals surface area contributed by atoms with Crippen LogP contribution in [-0.4, -0.2) is 60.6 Å². The lowest BCUT2D eigenvalue weighted by Crippen LogP contribution is -2.39. The van der Waals surface area contributed by atoms with Crippen LogP contribution in [0.3, 0.4) is 0 Å². The second-order valence-corrected chi connectivity index (χ2v) is 7.76. The van der Waals surface area contributed by atoms with E-state index in [0.717, 1.165) is 17.2 Å². The maximum Gasteiger partial charge on any atom is 0.453 e. The van der Waals surface area contributed by atoms with Crippen molar-refractivity contribution < 1.29 is 49.6 Å². The Kier molecular flexibility index (Phi) is 7.29. The van der Waals surface area contributed by atoms with E-state index < -0.39 is 35.3 Å². The molecule has 1 heterocycles. The summed E-state index contributed by atoms with van der Waals surface area (Å²) >= 11 is 0. The van der Waals surface area contributed by atoms with Gasteiger partial charge in [0.1, 0.15) is 17.0 Å². The van der Waals surface area contributed by atoms with Gasteiger partial charge >= 0.3 is 18.2 Å². The molecule has 12 heteroatoms. The summed E-state index contributed by atoms with van der Waals surface area (Å²) in [5.74, 6) is -3.38. The predicted molar refractivity (Wildman–Crippen MR) is 108 cm³/mol.